The molecule has 0 aliphatic carbocycles. The Hall–Kier alpha value is -1.00. The van der Waals surface area contributed by atoms with E-state index in [-0.39, 0.29) is 0 Å². The Morgan fingerprint density at radius 1 is 1.62 bits per heavy atom. The Labute approximate surface area is 44.0 Å². The zero-order valence-corrected chi connectivity index (χ0v) is 3.75. The first-order valence-electron chi connectivity index (χ1n) is 1.86. The molecule has 3 nitrogen and oxygen atoms in total. The molecule has 0 aliphatic heterocycles. The molecule has 0 amide bonds. The topological polar surface area (TPSA) is 30.7 Å². The Morgan fingerprint density at radius 3 is 2.62 bits per heavy atom. The number of hydrogen-bond donors (Lipinski definition) is 0. The molecule has 5 heteroatoms. The summed E-state index contributed by atoms with van der Waals surface area (Å²) in [6.45, 7) is -2.60. The summed E-state index contributed by atoms with van der Waals surface area (Å²) in [6.07, 6.45) is 2.90. The van der Waals surface area contributed by atoms with Gasteiger partial charge in [0.2, 0.25) is 6.33 Å². The third-order valence-corrected chi connectivity index (χ3v) is 0.594. The van der Waals surface area contributed by atoms with Crippen LogP contribution in [0, 0.1) is 6.33 Å². The normalized spacial score (nSPS) is 10.4. The van der Waals surface area contributed by atoms with Crippen molar-refractivity contribution in [2.24, 2.45) is 0 Å². The van der Waals surface area contributed by atoms with Gasteiger partial charge in [-0.05, 0) is 0 Å². The molecule has 0 unspecified atom stereocenters. The lowest BCUT2D eigenvalue weighted by Crippen LogP contribution is -1.96. The minimum Gasteiger partial charge on any atom is -0.212 e. The first kappa shape index (κ1) is 5.14. The zero-order chi connectivity index (χ0) is 5.98. The molecule has 0 saturated heterocycles. The van der Waals surface area contributed by atoms with Crippen LogP contribution < -0.4 is 0 Å². The van der Waals surface area contributed by atoms with Gasteiger partial charge in [-0.1, -0.05) is 0 Å². The standard InChI is InChI=1S/C3H2F2N3/c4-3(5)8-2-6-1-7-8/h2-3H. The van der Waals surface area contributed by atoms with Crippen LogP contribution in [0.25, 0.3) is 0 Å². The quantitative estimate of drug-likeness (QED) is 0.536. The molecule has 0 aliphatic rings. The van der Waals surface area contributed by atoms with E-state index >= 15 is 0 Å². The third-order valence-electron chi connectivity index (χ3n) is 0.594. The van der Waals surface area contributed by atoms with E-state index in [0.717, 1.165) is 6.33 Å². The Bertz CT molecular complexity index is 148. The maximum absolute atomic E-state index is 11.4. The molecule has 1 rings (SSSR count). The molecule has 8 heavy (non-hydrogen) atoms. The smallest absolute Gasteiger partial charge is 0.212 e. The van der Waals surface area contributed by atoms with Crippen molar-refractivity contribution in [1.29, 1.82) is 0 Å². The van der Waals surface area contributed by atoms with Crippen molar-refractivity contribution in [2.75, 3.05) is 0 Å². The van der Waals surface area contributed by atoms with Gasteiger partial charge in [0, 0.05) is 0 Å². The van der Waals surface area contributed by atoms with Gasteiger partial charge in [-0.15, -0.1) is 5.10 Å². The highest BCUT2D eigenvalue weighted by molar-refractivity contribution is 4.52. The molecule has 1 aromatic rings. The average molecular weight is 118 g/mol. The maximum Gasteiger partial charge on any atom is 0.334 e. The fourth-order valence-corrected chi connectivity index (χ4v) is 0.282. The van der Waals surface area contributed by atoms with Gasteiger partial charge >= 0.3 is 6.55 Å². The summed E-state index contributed by atoms with van der Waals surface area (Å²) < 4.78 is 23.3. The maximum atomic E-state index is 11.4. The van der Waals surface area contributed by atoms with Crippen molar-refractivity contribution >= 4 is 0 Å². The molecule has 0 bridgehead atoms. The van der Waals surface area contributed by atoms with Crippen molar-refractivity contribution in [2.45, 2.75) is 6.55 Å². The van der Waals surface area contributed by atoms with Gasteiger partial charge in [-0.2, -0.15) is 13.5 Å². The fraction of sp³-hybridized carbons (Fsp3) is 0.333. The van der Waals surface area contributed by atoms with Crippen LogP contribution >= 0.6 is 0 Å². The van der Waals surface area contributed by atoms with Gasteiger partial charge in [0.15, 0.2) is 0 Å². The summed E-state index contributed by atoms with van der Waals surface area (Å²) in [6, 6.07) is 0. The molecule has 0 saturated carbocycles. The summed E-state index contributed by atoms with van der Waals surface area (Å²) in [5.74, 6) is 0. The van der Waals surface area contributed by atoms with Gasteiger partial charge in [-0.25, -0.2) is 4.98 Å². The number of rotatable bonds is 1. The number of nitrogens with zero attached hydrogens (tertiary/aromatic N) is 3. The second kappa shape index (κ2) is 1.85. The molecular formula is C3H2F2N3. The van der Waals surface area contributed by atoms with Gasteiger partial charge in [0.25, 0.3) is 0 Å². The van der Waals surface area contributed by atoms with Crippen LogP contribution in [0.5, 0.6) is 0 Å². The van der Waals surface area contributed by atoms with Crippen LogP contribution in [0.15, 0.2) is 6.33 Å². The van der Waals surface area contributed by atoms with E-state index in [1.807, 2.05) is 6.33 Å². The molecule has 0 atom stereocenters. The molecule has 0 aromatic carbocycles. The molecule has 1 radical (unpaired) electrons. The molecule has 1 aromatic heterocycles. The lowest BCUT2D eigenvalue weighted by Gasteiger charge is -1.91. The minimum atomic E-state index is -2.60. The lowest BCUT2D eigenvalue weighted by atomic mass is 11.1. The van der Waals surface area contributed by atoms with Gasteiger partial charge in [0.05, 0.1) is 0 Å². The zero-order valence-electron chi connectivity index (χ0n) is 3.75. The van der Waals surface area contributed by atoms with E-state index in [9.17, 15) is 8.78 Å². The molecule has 1 heterocycles. The molecule has 43 valence electrons. The highest BCUT2D eigenvalue weighted by atomic mass is 19.3. The van der Waals surface area contributed by atoms with Crippen LogP contribution in [0.2, 0.25) is 0 Å². The second-order valence-electron chi connectivity index (χ2n) is 1.10. The highest BCUT2D eigenvalue weighted by Gasteiger charge is 2.02. The van der Waals surface area contributed by atoms with E-state index in [1.54, 1.807) is 0 Å². The summed E-state index contributed by atoms with van der Waals surface area (Å²) in [4.78, 5) is 3.19. The highest BCUT2D eigenvalue weighted by Crippen LogP contribution is 2.03. The van der Waals surface area contributed by atoms with Gasteiger partial charge in [-0.3, -0.25) is 0 Å². The number of hydrogen-bond acceptors (Lipinski definition) is 2. The predicted molar refractivity (Wildman–Crippen MR) is 20.1 cm³/mol. The summed E-state index contributed by atoms with van der Waals surface area (Å²) >= 11 is 0. The Morgan fingerprint density at radius 2 is 2.38 bits per heavy atom. The second-order valence-corrected chi connectivity index (χ2v) is 1.10. The van der Waals surface area contributed by atoms with Crippen LogP contribution in [0.3, 0.4) is 0 Å². The van der Waals surface area contributed by atoms with E-state index in [1.165, 1.54) is 0 Å². The number of alkyl halides is 2. The largest absolute Gasteiger partial charge is 0.334 e. The van der Waals surface area contributed by atoms with E-state index in [2.05, 4.69) is 10.1 Å². The summed E-state index contributed by atoms with van der Waals surface area (Å²) in [5, 5.41) is 3.05. The molecular weight excluding hydrogens is 116 g/mol. The molecule has 0 fully saturated rings. The summed E-state index contributed by atoms with van der Waals surface area (Å²) in [7, 11) is 0. The Balaban J connectivity index is 2.77. The van der Waals surface area contributed by atoms with Crippen molar-refractivity contribution in [3.8, 4) is 0 Å². The van der Waals surface area contributed by atoms with E-state index in [4.69, 9.17) is 0 Å². The van der Waals surface area contributed by atoms with Crippen LogP contribution in [-0.4, -0.2) is 14.8 Å². The first-order chi connectivity index (χ1) is 3.80. The van der Waals surface area contributed by atoms with Crippen molar-refractivity contribution in [3.63, 3.8) is 0 Å². The molecule has 0 N–H and O–H groups in total. The predicted octanol–water partition coefficient (Wildman–Crippen LogP) is 0.473. The number of aromatic nitrogens is 3. The Kier molecular flexibility index (Phi) is 1.19. The van der Waals surface area contributed by atoms with Crippen LogP contribution in [0.4, 0.5) is 8.78 Å². The van der Waals surface area contributed by atoms with Gasteiger partial charge < -0.3 is 0 Å². The number of halogens is 2. The van der Waals surface area contributed by atoms with Crippen LogP contribution in [0.1, 0.15) is 6.55 Å². The summed E-state index contributed by atoms with van der Waals surface area (Å²) in [5.41, 5.74) is 0. The van der Waals surface area contributed by atoms with Crippen molar-refractivity contribution < 1.29 is 8.78 Å². The lowest BCUT2D eigenvalue weighted by molar-refractivity contribution is 0.0561. The first-order valence-corrected chi connectivity index (χ1v) is 1.86. The third kappa shape index (κ3) is 0.800. The van der Waals surface area contributed by atoms with Crippen molar-refractivity contribution in [1.82, 2.24) is 14.8 Å². The van der Waals surface area contributed by atoms with E-state index in [0.29, 0.717) is 4.68 Å². The van der Waals surface area contributed by atoms with E-state index < -0.39 is 6.55 Å². The SMILES string of the molecule is FC(F)n1cn[c]n1. The minimum absolute atomic E-state index is 0.417. The van der Waals surface area contributed by atoms with Crippen molar-refractivity contribution in [3.05, 3.63) is 12.7 Å². The van der Waals surface area contributed by atoms with Crippen LogP contribution in [-0.2, 0) is 0 Å². The molecule has 0 spiro atoms. The average Bonchev–Trinajstić information content (AvgIpc) is 2.12. The van der Waals surface area contributed by atoms with Gasteiger partial charge in [0.1, 0.15) is 6.33 Å². The monoisotopic (exact) mass is 118 g/mol. The fourth-order valence-electron chi connectivity index (χ4n) is 0.282.